The highest BCUT2D eigenvalue weighted by molar-refractivity contribution is 5.80. The summed E-state index contributed by atoms with van der Waals surface area (Å²) in [6, 6.07) is 1.58. The quantitative estimate of drug-likeness (QED) is 0.718. The summed E-state index contributed by atoms with van der Waals surface area (Å²) in [6.45, 7) is 4.74. The number of allylic oxidation sites excluding steroid dienone is 2. The van der Waals surface area contributed by atoms with Crippen LogP contribution in [0.15, 0.2) is 22.7 Å². The van der Waals surface area contributed by atoms with E-state index in [9.17, 15) is 8.78 Å². The number of halogens is 2. The standard InChI is InChI=1S/C20H25F2N3O/c1-13-18-16(19(21)22)10-17(23-20(18)26-24-13)15-8-5-9-25(12-15)11-14-6-3-2-4-7-14/h2-3,10,14-15,19H,4-9,11-12H2,1H3/t14-,15-/m0/s1. The molecule has 3 heterocycles. The third-order valence-corrected chi connectivity index (χ3v) is 5.72. The van der Waals surface area contributed by atoms with Gasteiger partial charge >= 0.3 is 0 Å². The van der Waals surface area contributed by atoms with Crippen LogP contribution in [0, 0.1) is 12.8 Å². The predicted molar refractivity (Wildman–Crippen MR) is 96.4 cm³/mol. The number of nitrogens with zero attached hydrogens (tertiary/aromatic N) is 3. The summed E-state index contributed by atoms with van der Waals surface area (Å²) in [5.74, 6) is 0.887. The summed E-state index contributed by atoms with van der Waals surface area (Å²) < 4.78 is 32.4. The Balaban J connectivity index is 1.55. The summed E-state index contributed by atoms with van der Waals surface area (Å²) in [7, 11) is 0. The summed E-state index contributed by atoms with van der Waals surface area (Å²) in [6.07, 6.45) is 7.62. The third kappa shape index (κ3) is 3.52. The van der Waals surface area contributed by atoms with Gasteiger partial charge in [0.25, 0.3) is 12.1 Å². The molecular formula is C20H25F2N3O. The van der Waals surface area contributed by atoms with Crippen molar-refractivity contribution in [1.82, 2.24) is 15.0 Å². The molecule has 0 N–H and O–H groups in total. The van der Waals surface area contributed by atoms with Crippen LogP contribution in [0.3, 0.4) is 0 Å². The molecule has 1 aliphatic carbocycles. The summed E-state index contributed by atoms with van der Waals surface area (Å²) in [5.41, 5.74) is 1.44. The van der Waals surface area contributed by atoms with Gasteiger partial charge in [-0.15, -0.1) is 0 Å². The van der Waals surface area contributed by atoms with E-state index in [1.165, 1.54) is 12.8 Å². The van der Waals surface area contributed by atoms with E-state index < -0.39 is 6.43 Å². The SMILES string of the molecule is Cc1noc2nc([C@H]3CCCN(C[C@H]4CC=CCC4)C3)cc(C(F)F)c12. The Kier molecular flexibility index (Phi) is 5.02. The average molecular weight is 361 g/mol. The normalized spacial score (nSPS) is 24.6. The minimum atomic E-state index is -2.55. The molecule has 2 aromatic rings. The van der Waals surface area contributed by atoms with Crippen LogP contribution < -0.4 is 0 Å². The highest BCUT2D eigenvalue weighted by Crippen LogP contribution is 2.34. The number of aryl methyl sites for hydroxylation is 1. The summed E-state index contributed by atoms with van der Waals surface area (Å²) >= 11 is 0. The van der Waals surface area contributed by atoms with Crippen LogP contribution in [-0.4, -0.2) is 34.7 Å². The van der Waals surface area contributed by atoms with Gasteiger partial charge in [-0.2, -0.15) is 0 Å². The molecule has 0 spiro atoms. The van der Waals surface area contributed by atoms with Gasteiger partial charge in [0.1, 0.15) is 0 Å². The van der Waals surface area contributed by atoms with Crippen LogP contribution in [0.25, 0.3) is 11.1 Å². The van der Waals surface area contributed by atoms with E-state index in [1.807, 2.05) is 0 Å². The lowest BCUT2D eigenvalue weighted by Crippen LogP contribution is -2.38. The number of piperidine rings is 1. The lowest BCUT2D eigenvalue weighted by atomic mass is 9.90. The molecule has 1 fully saturated rings. The third-order valence-electron chi connectivity index (χ3n) is 5.72. The minimum Gasteiger partial charge on any atom is -0.336 e. The second-order valence-electron chi connectivity index (χ2n) is 7.63. The first-order valence-electron chi connectivity index (χ1n) is 9.54. The van der Waals surface area contributed by atoms with Crippen LogP contribution in [0.4, 0.5) is 8.78 Å². The maximum Gasteiger partial charge on any atom is 0.264 e. The lowest BCUT2D eigenvalue weighted by molar-refractivity contribution is 0.152. The zero-order chi connectivity index (χ0) is 18.1. The number of hydrogen-bond donors (Lipinski definition) is 0. The van der Waals surface area contributed by atoms with Crippen LogP contribution >= 0.6 is 0 Å². The number of hydrogen-bond acceptors (Lipinski definition) is 4. The van der Waals surface area contributed by atoms with Crippen molar-refractivity contribution in [3.05, 3.63) is 35.2 Å². The van der Waals surface area contributed by atoms with Crippen molar-refractivity contribution < 1.29 is 13.3 Å². The zero-order valence-corrected chi connectivity index (χ0v) is 15.1. The van der Waals surface area contributed by atoms with Gasteiger partial charge in [-0.3, -0.25) is 0 Å². The highest BCUT2D eigenvalue weighted by Gasteiger charge is 2.27. The Morgan fingerprint density at radius 2 is 2.19 bits per heavy atom. The molecule has 140 valence electrons. The fourth-order valence-corrected chi connectivity index (χ4v) is 4.38. The molecule has 6 heteroatoms. The molecule has 0 saturated carbocycles. The first-order chi connectivity index (χ1) is 12.6. The number of aromatic nitrogens is 2. The predicted octanol–water partition coefficient (Wildman–Crippen LogP) is 5.00. The molecule has 0 radical (unpaired) electrons. The largest absolute Gasteiger partial charge is 0.336 e. The Morgan fingerprint density at radius 3 is 2.96 bits per heavy atom. The summed E-state index contributed by atoms with van der Waals surface area (Å²) in [4.78, 5) is 7.03. The van der Waals surface area contributed by atoms with Gasteiger partial charge in [0, 0.05) is 30.3 Å². The van der Waals surface area contributed by atoms with E-state index in [0.717, 1.165) is 44.6 Å². The molecule has 4 rings (SSSR count). The van der Waals surface area contributed by atoms with Crippen LogP contribution in [-0.2, 0) is 0 Å². The van der Waals surface area contributed by atoms with E-state index in [-0.39, 0.29) is 17.2 Å². The van der Waals surface area contributed by atoms with E-state index in [1.54, 1.807) is 13.0 Å². The van der Waals surface area contributed by atoms with Crippen molar-refractivity contribution in [3.8, 4) is 0 Å². The molecular weight excluding hydrogens is 336 g/mol. The Bertz CT molecular complexity index is 802. The molecule has 0 amide bonds. The lowest BCUT2D eigenvalue weighted by Gasteiger charge is -2.35. The second-order valence-corrected chi connectivity index (χ2v) is 7.63. The van der Waals surface area contributed by atoms with Crippen LogP contribution in [0.5, 0.6) is 0 Å². The maximum atomic E-state index is 13.6. The van der Waals surface area contributed by atoms with Crippen molar-refractivity contribution in [3.63, 3.8) is 0 Å². The van der Waals surface area contributed by atoms with Gasteiger partial charge < -0.3 is 9.42 Å². The van der Waals surface area contributed by atoms with Crippen molar-refractivity contribution in [2.45, 2.75) is 51.4 Å². The number of rotatable bonds is 4. The number of likely N-dealkylation sites (tertiary alicyclic amines) is 1. The van der Waals surface area contributed by atoms with E-state index in [2.05, 4.69) is 27.2 Å². The smallest absolute Gasteiger partial charge is 0.264 e. The van der Waals surface area contributed by atoms with Crippen LogP contribution in [0.2, 0.25) is 0 Å². The molecule has 0 bridgehead atoms. The highest BCUT2D eigenvalue weighted by atomic mass is 19.3. The van der Waals surface area contributed by atoms with Gasteiger partial charge in [0.05, 0.1) is 11.1 Å². The molecule has 1 saturated heterocycles. The van der Waals surface area contributed by atoms with Gasteiger partial charge in [-0.25, -0.2) is 13.8 Å². The number of fused-ring (bicyclic) bond motifs is 1. The molecule has 1 aliphatic heterocycles. The molecule has 4 nitrogen and oxygen atoms in total. The molecule has 2 atom stereocenters. The topological polar surface area (TPSA) is 42.2 Å². The fraction of sp³-hybridized carbons (Fsp3) is 0.600. The van der Waals surface area contributed by atoms with Crippen molar-refractivity contribution in [1.29, 1.82) is 0 Å². The molecule has 2 aromatic heterocycles. The minimum absolute atomic E-state index is 0.00158. The van der Waals surface area contributed by atoms with Crippen molar-refractivity contribution in [2.75, 3.05) is 19.6 Å². The van der Waals surface area contributed by atoms with Gasteiger partial charge in [-0.05, 0) is 57.6 Å². The monoisotopic (exact) mass is 361 g/mol. The first-order valence-corrected chi connectivity index (χ1v) is 9.54. The number of alkyl halides is 2. The molecule has 2 aliphatic rings. The van der Waals surface area contributed by atoms with Gasteiger partial charge in [-0.1, -0.05) is 17.3 Å². The van der Waals surface area contributed by atoms with Gasteiger partial charge in [0.15, 0.2) is 0 Å². The van der Waals surface area contributed by atoms with E-state index in [4.69, 9.17) is 4.52 Å². The number of pyridine rings is 1. The maximum absolute atomic E-state index is 13.6. The first kappa shape index (κ1) is 17.6. The van der Waals surface area contributed by atoms with Crippen molar-refractivity contribution >= 4 is 11.1 Å². The Labute approximate surface area is 152 Å². The molecule has 0 unspecified atom stereocenters. The second kappa shape index (κ2) is 7.43. The Morgan fingerprint density at radius 1 is 1.31 bits per heavy atom. The van der Waals surface area contributed by atoms with Gasteiger partial charge in [0.2, 0.25) is 0 Å². The Hall–Kier alpha value is -1.82. The van der Waals surface area contributed by atoms with E-state index >= 15 is 0 Å². The average Bonchev–Trinajstić information content (AvgIpc) is 3.03. The molecule has 26 heavy (non-hydrogen) atoms. The fourth-order valence-electron chi connectivity index (χ4n) is 4.38. The summed E-state index contributed by atoms with van der Waals surface area (Å²) in [5, 5.41) is 4.20. The van der Waals surface area contributed by atoms with Crippen LogP contribution in [0.1, 0.15) is 61.4 Å². The molecule has 0 aromatic carbocycles. The van der Waals surface area contributed by atoms with Crippen molar-refractivity contribution in [2.24, 2.45) is 5.92 Å². The van der Waals surface area contributed by atoms with E-state index in [0.29, 0.717) is 17.0 Å². The zero-order valence-electron chi connectivity index (χ0n) is 15.1.